The summed E-state index contributed by atoms with van der Waals surface area (Å²) >= 11 is 1.38. The number of para-hydroxylation sites is 1. The molecule has 0 radical (unpaired) electrons. The van der Waals surface area contributed by atoms with Crippen molar-refractivity contribution < 1.29 is 23.1 Å². The number of benzene rings is 1. The number of thiazole rings is 1. The van der Waals surface area contributed by atoms with E-state index in [1.807, 2.05) is 0 Å². The predicted molar refractivity (Wildman–Crippen MR) is 113 cm³/mol. The monoisotopic (exact) mass is 439 g/mol. The van der Waals surface area contributed by atoms with Crippen molar-refractivity contribution in [3.63, 3.8) is 0 Å². The molecule has 2 N–H and O–H groups in total. The van der Waals surface area contributed by atoms with Gasteiger partial charge in [0.2, 0.25) is 0 Å². The van der Waals surface area contributed by atoms with Crippen molar-refractivity contribution in [2.75, 3.05) is 48.9 Å². The fraction of sp³-hybridized carbons (Fsp3) is 0.474. The fourth-order valence-corrected chi connectivity index (χ4v) is 5.39. The quantitative estimate of drug-likeness (QED) is 0.576. The van der Waals surface area contributed by atoms with Gasteiger partial charge in [-0.3, -0.25) is 4.79 Å². The zero-order valence-electron chi connectivity index (χ0n) is 16.0. The first kappa shape index (κ1) is 21.7. The molecule has 0 bridgehead atoms. The van der Waals surface area contributed by atoms with Crippen molar-refractivity contribution in [3.05, 3.63) is 35.3 Å². The van der Waals surface area contributed by atoms with Gasteiger partial charge in [-0.05, 0) is 25.0 Å². The highest BCUT2D eigenvalue weighted by Gasteiger charge is 2.21. The number of morpholine rings is 1. The van der Waals surface area contributed by atoms with Crippen LogP contribution < -0.4 is 10.2 Å². The van der Waals surface area contributed by atoms with E-state index in [1.165, 1.54) is 17.4 Å². The average Bonchev–Trinajstić information content (AvgIpc) is 3.23. The molecule has 0 spiro atoms. The topological polar surface area (TPSA) is 109 Å². The first-order chi connectivity index (χ1) is 14.0. The van der Waals surface area contributed by atoms with Gasteiger partial charge in [0.25, 0.3) is 5.91 Å². The Hall–Kier alpha value is -2.01. The summed E-state index contributed by atoms with van der Waals surface area (Å²) in [5.74, 6) is -0.471. The number of nitrogens with one attached hydrogen (secondary N) is 1. The third-order valence-electron chi connectivity index (χ3n) is 4.55. The smallest absolute Gasteiger partial charge is 0.275 e. The molecule has 2 aromatic rings. The maximum absolute atomic E-state index is 12.7. The first-order valence-corrected chi connectivity index (χ1v) is 12.1. The molecule has 1 aromatic carbocycles. The maximum atomic E-state index is 12.7. The van der Waals surface area contributed by atoms with Crippen LogP contribution in [0.3, 0.4) is 0 Å². The minimum absolute atomic E-state index is 0.0300. The fourth-order valence-electron chi connectivity index (χ4n) is 2.99. The Morgan fingerprint density at radius 1 is 1.21 bits per heavy atom. The summed E-state index contributed by atoms with van der Waals surface area (Å²) in [7, 11) is -3.55. The van der Waals surface area contributed by atoms with E-state index in [9.17, 15) is 13.2 Å². The lowest BCUT2D eigenvalue weighted by atomic mass is 10.3. The summed E-state index contributed by atoms with van der Waals surface area (Å²) in [6.07, 6.45) is 1.66. The summed E-state index contributed by atoms with van der Waals surface area (Å²) in [6.45, 7) is 2.76. The number of sulfone groups is 1. The second-order valence-electron chi connectivity index (χ2n) is 6.67. The van der Waals surface area contributed by atoms with Crippen LogP contribution in [-0.2, 0) is 14.6 Å². The minimum Gasteiger partial charge on any atom is -0.396 e. The van der Waals surface area contributed by atoms with E-state index in [0.29, 0.717) is 32.5 Å². The van der Waals surface area contributed by atoms with Gasteiger partial charge in [-0.2, -0.15) is 0 Å². The van der Waals surface area contributed by atoms with E-state index >= 15 is 0 Å². The number of ether oxygens (including phenoxy) is 1. The predicted octanol–water partition coefficient (Wildman–Crippen LogP) is 2.17. The van der Waals surface area contributed by atoms with E-state index < -0.39 is 15.7 Å². The van der Waals surface area contributed by atoms with Gasteiger partial charge in [-0.1, -0.05) is 18.6 Å². The van der Waals surface area contributed by atoms with Crippen LogP contribution in [0.2, 0.25) is 0 Å². The Kier molecular flexibility index (Phi) is 7.59. The molecule has 1 amide bonds. The molecule has 2 heterocycles. The van der Waals surface area contributed by atoms with Crippen molar-refractivity contribution in [2.24, 2.45) is 0 Å². The second-order valence-corrected chi connectivity index (χ2v) is 9.58. The summed E-state index contributed by atoms with van der Waals surface area (Å²) in [4.78, 5) is 19.2. The summed E-state index contributed by atoms with van der Waals surface area (Å²) in [5.41, 5.74) is 0.507. The van der Waals surface area contributed by atoms with Crippen LogP contribution in [0.15, 0.2) is 34.5 Å². The van der Waals surface area contributed by atoms with Crippen molar-refractivity contribution in [1.29, 1.82) is 0 Å². The minimum atomic E-state index is -3.55. The van der Waals surface area contributed by atoms with E-state index in [0.717, 1.165) is 18.2 Å². The Morgan fingerprint density at radius 2 is 1.97 bits per heavy atom. The number of rotatable bonds is 9. The number of carbonyl (C=O) groups is 1. The second kappa shape index (κ2) is 10.1. The third-order valence-corrected chi connectivity index (χ3v) is 7.30. The number of carbonyl (C=O) groups excluding carboxylic acids is 1. The van der Waals surface area contributed by atoms with Crippen LogP contribution in [0, 0.1) is 0 Å². The highest BCUT2D eigenvalue weighted by atomic mass is 32.2. The molecule has 1 aliphatic rings. The highest BCUT2D eigenvalue weighted by molar-refractivity contribution is 7.91. The van der Waals surface area contributed by atoms with Gasteiger partial charge in [0.1, 0.15) is 5.69 Å². The van der Waals surface area contributed by atoms with Crippen molar-refractivity contribution in [1.82, 2.24) is 4.98 Å². The largest absolute Gasteiger partial charge is 0.396 e. The molecule has 1 saturated heterocycles. The number of anilines is 2. The normalized spacial score (nSPS) is 14.7. The van der Waals surface area contributed by atoms with Crippen molar-refractivity contribution in [2.45, 2.75) is 24.2 Å². The van der Waals surface area contributed by atoms with Crippen LogP contribution in [0.1, 0.15) is 29.8 Å². The van der Waals surface area contributed by atoms with Crippen LogP contribution in [-0.4, -0.2) is 63.1 Å². The standard InChI is InChI=1S/C19H25N3O5S2/c23-10-4-1-5-13-29(25,26)17-7-3-2-6-15(17)20-18(24)16-14-28-19(21-16)22-8-11-27-12-9-22/h2-3,6-7,14,23H,1,4-5,8-13H2,(H,20,24). The number of amides is 1. The molecule has 1 aromatic heterocycles. The highest BCUT2D eigenvalue weighted by Crippen LogP contribution is 2.25. The molecule has 29 heavy (non-hydrogen) atoms. The number of nitrogens with zero attached hydrogens (tertiary/aromatic N) is 2. The van der Waals surface area contributed by atoms with Gasteiger partial charge in [-0.25, -0.2) is 13.4 Å². The molecule has 0 saturated carbocycles. The zero-order valence-corrected chi connectivity index (χ0v) is 17.7. The van der Waals surface area contributed by atoms with E-state index in [2.05, 4.69) is 15.2 Å². The van der Waals surface area contributed by atoms with Gasteiger partial charge >= 0.3 is 0 Å². The Labute approximate surface area is 174 Å². The van der Waals surface area contributed by atoms with Gasteiger partial charge < -0.3 is 20.1 Å². The molecular formula is C19H25N3O5S2. The number of aromatic nitrogens is 1. The van der Waals surface area contributed by atoms with E-state index in [4.69, 9.17) is 9.84 Å². The lowest BCUT2D eigenvalue weighted by molar-refractivity contribution is 0.102. The summed E-state index contributed by atoms with van der Waals surface area (Å²) < 4.78 is 30.7. The van der Waals surface area contributed by atoms with E-state index in [1.54, 1.807) is 23.6 Å². The lowest BCUT2D eigenvalue weighted by Gasteiger charge is -2.25. The number of unbranched alkanes of at least 4 members (excludes halogenated alkanes) is 2. The number of aliphatic hydroxyl groups excluding tert-OH is 1. The Bertz CT molecular complexity index is 923. The lowest BCUT2D eigenvalue weighted by Crippen LogP contribution is -2.36. The summed E-state index contributed by atoms with van der Waals surface area (Å²) in [6, 6.07) is 6.39. The molecule has 10 heteroatoms. The molecule has 1 fully saturated rings. The van der Waals surface area contributed by atoms with Gasteiger partial charge in [0, 0.05) is 25.1 Å². The molecule has 8 nitrogen and oxygen atoms in total. The number of aliphatic hydroxyl groups is 1. The first-order valence-electron chi connectivity index (χ1n) is 9.53. The van der Waals surface area contributed by atoms with Crippen molar-refractivity contribution >= 4 is 37.9 Å². The van der Waals surface area contributed by atoms with Crippen LogP contribution in [0.25, 0.3) is 0 Å². The maximum Gasteiger partial charge on any atom is 0.275 e. The molecule has 3 rings (SSSR count). The van der Waals surface area contributed by atoms with Crippen LogP contribution in [0.4, 0.5) is 10.8 Å². The average molecular weight is 440 g/mol. The molecule has 1 aliphatic heterocycles. The molecular weight excluding hydrogens is 414 g/mol. The SMILES string of the molecule is O=C(Nc1ccccc1S(=O)(=O)CCCCCO)c1csc(N2CCOCC2)n1. The van der Waals surface area contributed by atoms with Crippen LogP contribution in [0.5, 0.6) is 0 Å². The molecule has 0 atom stereocenters. The van der Waals surface area contributed by atoms with Crippen molar-refractivity contribution in [3.8, 4) is 0 Å². The number of hydrogen-bond donors (Lipinski definition) is 2. The van der Waals surface area contributed by atoms with Gasteiger partial charge in [0.05, 0.1) is 29.5 Å². The summed E-state index contributed by atoms with van der Waals surface area (Å²) in [5, 5.41) is 14.0. The number of hydrogen-bond acceptors (Lipinski definition) is 8. The van der Waals surface area contributed by atoms with Gasteiger partial charge in [-0.15, -0.1) is 11.3 Å². The molecule has 0 unspecified atom stereocenters. The third kappa shape index (κ3) is 5.75. The molecule has 0 aliphatic carbocycles. The zero-order chi connectivity index (χ0) is 20.7. The van der Waals surface area contributed by atoms with Gasteiger partial charge in [0.15, 0.2) is 15.0 Å². The Balaban J connectivity index is 1.70. The Morgan fingerprint density at radius 3 is 2.72 bits per heavy atom. The van der Waals surface area contributed by atoms with Crippen LogP contribution >= 0.6 is 11.3 Å². The molecule has 158 valence electrons. The van der Waals surface area contributed by atoms with E-state index in [-0.39, 0.29) is 28.6 Å².